The van der Waals surface area contributed by atoms with E-state index < -0.39 is 7.82 Å². The van der Waals surface area contributed by atoms with Gasteiger partial charge < -0.3 is 10.5 Å². The average molecular weight is 478 g/mol. The third kappa shape index (κ3) is 21.1. The molecule has 0 fully saturated rings. The van der Waals surface area contributed by atoms with E-state index >= 15 is 0 Å². The summed E-state index contributed by atoms with van der Waals surface area (Å²) in [5.74, 6) is -0.197. The summed E-state index contributed by atoms with van der Waals surface area (Å²) in [6.07, 6.45) is 21.5. The van der Waals surface area contributed by atoms with Crippen LogP contribution in [0.15, 0.2) is 12.2 Å². The van der Waals surface area contributed by atoms with Crippen LogP contribution in [0.3, 0.4) is 0 Å². The molecular weight excluding hydrogens is 429 g/mol. The lowest BCUT2D eigenvalue weighted by atomic mass is 10.1. The second-order valence-electron chi connectivity index (χ2n) is 7.99. The summed E-state index contributed by atoms with van der Waals surface area (Å²) < 4.78 is 32.0. The second-order valence-corrected chi connectivity index (χ2v) is 9.77. The fourth-order valence-electron chi connectivity index (χ4n) is 3.14. The van der Waals surface area contributed by atoms with Crippen molar-refractivity contribution in [3.05, 3.63) is 12.2 Å². The van der Waals surface area contributed by atoms with Gasteiger partial charge in [0.1, 0.15) is 0 Å². The van der Waals surface area contributed by atoms with Gasteiger partial charge >= 0.3 is 13.8 Å². The zero-order chi connectivity index (χ0) is 23.8. The van der Waals surface area contributed by atoms with Crippen molar-refractivity contribution in [2.75, 3.05) is 33.5 Å². The molecule has 32 heavy (non-hydrogen) atoms. The number of carbonyl (C=O) groups is 1. The Kier molecular flexibility index (Phi) is 22.9. The summed E-state index contributed by atoms with van der Waals surface area (Å²) in [4.78, 5) is 11.7. The fraction of sp³-hybridized carbons (Fsp3) is 0.875. The SMILES string of the molecule is CCCCCCCC/C=C\CCCCCCCC(=O)OCCCOP(=O)(OC)OCCN. The number of hydrogen-bond acceptors (Lipinski definition) is 7. The lowest BCUT2D eigenvalue weighted by Gasteiger charge is -2.15. The Morgan fingerprint density at radius 3 is 1.94 bits per heavy atom. The molecule has 0 aromatic carbocycles. The quantitative estimate of drug-likeness (QED) is 0.0714. The van der Waals surface area contributed by atoms with Crippen LogP contribution in [-0.2, 0) is 27.7 Å². The first-order valence-electron chi connectivity index (χ1n) is 12.5. The highest BCUT2D eigenvalue weighted by atomic mass is 31.2. The lowest BCUT2D eigenvalue weighted by Crippen LogP contribution is -2.10. The maximum atomic E-state index is 12.0. The van der Waals surface area contributed by atoms with Crippen molar-refractivity contribution in [3.8, 4) is 0 Å². The topological polar surface area (TPSA) is 97.1 Å². The van der Waals surface area contributed by atoms with Gasteiger partial charge in [-0.15, -0.1) is 0 Å². The minimum atomic E-state index is -3.55. The molecule has 190 valence electrons. The average Bonchev–Trinajstić information content (AvgIpc) is 2.80. The predicted molar refractivity (Wildman–Crippen MR) is 131 cm³/mol. The minimum absolute atomic E-state index is 0.0933. The predicted octanol–water partition coefficient (Wildman–Crippen LogP) is 6.70. The summed E-state index contributed by atoms with van der Waals surface area (Å²) in [6.45, 7) is 2.92. The van der Waals surface area contributed by atoms with E-state index in [1.54, 1.807) is 0 Å². The van der Waals surface area contributed by atoms with Crippen LogP contribution in [0.4, 0.5) is 0 Å². The molecule has 1 unspecified atom stereocenters. The van der Waals surface area contributed by atoms with Gasteiger partial charge in [-0.25, -0.2) is 4.57 Å². The van der Waals surface area contributed by atoms with Gasteiger partial charge in [0.15, 0.2) is 0 Å². The summed E-state index contributed by atoms with van der Waals surface area (Å²) in [7, 11) is -2.30. The summed E-state index contributed by atoms with van der Waals surface area (Å²) in [5, 5.41) is 0. The highest BCUT2D eigenvalue weighted by molar-refractivity contribution is 7.48. The van der Waals surface area contributed by atoms with E-state index in [0.29, 0.717) is 12.8 Å². The van der Waals surface area contributed by atoms with E-state index in [0.717, 1.165) is 25.7 Å². The van der Waals surface area contributed by atoms with Crippen molar-refractivity contribution in [1.82, 2.24) is 0 Å². The molecule has 0 aromatic rings. The summed E-state index contributed by atoms with van der Waals surface area (Å²) in [5.41, 5.74) is 5.30. The van der Waals surface area contributed by atoms with Crippen LogP contribution in [0.25, 0.3) is 0 Å². The van der Waals surface area contributed by atoms with Gasteiger partial charge in [0.05, 0.1) is 19.8 Å². The largest absolute Gasteiger partial charge is 0.474 e. The molecule has 0 amide bonds. The number of hydrogen-bond donors (Lipinski definition) is 1. The Balaban J connectivity index is 3.43. The van der Waals surface area contributed by atoms with Crippen LogP contribution in [0, 0.1) is 0 Å². The first-order chi connectivity index (χ1) is 15.6. The van der Waals surface area contributed by atoms with Gasteiger partial charge in [0.2, 0.25) is 0 Å². The van der Waals surface area contributed by atoms with E-state index in [1.165, 1.54) is 64.9 Å². The Labute approximate surface area is 196 Å². The monoisotopic (exact) mass is 477 g/mol. The van der Waals surface area contributed by atoms with Crippen molar-refractivity contribution in [2.45, 2.75) is 103 Å². The fourth-order valence-corrected chi connectivity index (χ4v) is 4.11. The summed E-state index contributed by atoms with van der Waals surface area (Å²) in [6, 6.07) is 0. The van der Waals surface area contributed by atoms with E-state index in [2.05, 4.69) is 19.1 Å². The van der Waals surface area contributed by atoms with Crippen molar-refractivity contribution < 1.29 is 27.7 Å². The molecule has 2 N–H and O–H groups in total. The third-order valence-electron chi connectivity index (χ3n) is 5.03. The minimum Gasteiger partial charge on any atom is -0.466 e. The second kappa shape index (κ2) is 23.4. The number of phosphoric acid groups is 1. The standard InChI is InChI=1S/C24H48NO6P/c1-3-4-5-6-7-8-9-10-11-12-13-14-15-16-17-19-24(26)29-21-18-22-30-32(27,28-2)31-23-20-25/h10-11H,3-9,12-23,25H2,1-2H3/b11-10-. The molecule has 0 heterocycles. The molecule has 0 bridgehead atoms. The first-order valence-corrected chi connectivity index (χ1v) is 14.0. The van der Waals surface area contributed by atoms with E-state index in [-0.39, 0.29) is 32.3 Å². The van der Waals surface area contributed by atoms with Crippen LogP contribution < -0.4 is 5.73 Å². The Bertz CT molecular complexity index is 501. The van der Waals surface area contributed by atoms with E-state index in [1.807, 2.05) is 0 Å². The maximum absolute atomic E-state index is 12.0. The molecule has 0 radical (unpaired) electrons. The molecule has 0 aliphatic carbocycles. The molecule has 0 spiro atoms. The number of unbranched alkanes of at least 4 members (excludes halogenated alkanes) is 11. The Morgan fingerprint density at radius 1 is 0.781 bits per heavy atom. The van der Waals surface area contributed by atoms with Crippen LogP contribution >= 0.6 is 7.82 Å². The molecular formula is C24H48NO6P. The smallest absolute Gasteiger partial charge is 0.466 e. The van der Waals surface area contributed by atoms with Crippen molar-refractivity contribution in [3.63, 3.8) is 0 Å². The van der Waals surface area contributed by atoms with Gasteiger partial charge in [0.25, 0.3) is 0 Å². The summed E-state index contributed by atoms with van der Waals surface area (Å²) >= 11 is 0. The zero-order valence-corrected chi connectivity index (χ0v) is 21.5. The van der Waals surface area contributed by atoms with Gasteiger partial charge in [-0.3, -0.25) is 18.4 Å². The first kappa shape index (κ1) is 31.3. The molecule has 0 saturated heterocycles. The molecule has 0 aromatic heterocycles. The zero-order valence-electron chi connectivity index (χ0n) is 20.6. The third-order valence-corrected chi connectivity index (χ3v) is 6.48. The number of carbonyl (C=O) groups excluding carboxylic acids is 1. The molecule has 0 aliphatic rings. The maximum Gasteiger partial charge on any atom is 0.474 e. The number of nitrogens with two attached hydrogens (primary N) is 1. The number of phosphoric ester groups is 1. The van der Waals surface area contributed by atoms with E-state index in [4.69, 9.17) is 24.0 Å². The number of rotatable bonds is 24. The van der Waals surface area contributed by atoms with Crippen LogP contribution in [0.2, 0.25) is 0 Å². The van der Waals surface area contributed by atoms with Gasteiger partial charge in [-0.05, 0) is 32.1 Å². The van der Waals surface area contributed by atoms with Crippen LogP contribution in [0.5, 0.6) is 0 Å². The number of allylic oxidation sites excluding steroid dienone is 2. The Morgan fingerprint density at radius 2 is 1.34 bits per heavy atom. The van der Waals surface area contributed by atoms with Gasteiger partial charge in [-0.1, -0.05) is 70.4 Å². The molecule has 7 nitrogen and oxygen atoms in total. The number of ether oxygens (including phenoxy) is 1. The van der Waals surface area contributed by atoms with Gasteiger partial charge in [-0.2, -0.15) is 0 Å². The Hall–Kier alpha value is -0.720. The van der Waals surface area contributed by atoms with Crippen molar-refractivity contribution in [2.24, 2.45) is 5.73 Å². The molecule has 0 rings (SSSR count). The van der Waals surface area contributed by atoms with Crippen molar-refractivity contribution >= 4 is 13.8 Å². The molecule has 1 atom stereocenters. The van der Waals surface area contributed by atoms with Crippen LogP contribution in [-0.4, -0.2) is 39.4 Å². The number of esters is 1. The molecule has 0 aliphatic heterocycles. The van der Waals surface area contributed by atoms with Crippen molar-refractivity contribution in [1.29, 1.82) is 0 Å². The lowest BCUT2D eigenvalue weighted by molar-refractivity contribution is -0.144. The normalized spacial score (nSPS) is 13.5. The van der Waals surface area contributed by atoms with Crippen LogP contribution in [0.1, 0.15) is 103 Å². The highest BCUT2D eigenvalue weighted by Gasteiger charge is 2.24. The molecule has 0 saturated carbocycles. The molecule has 8 heteroatoms. The van der Waals surface area contributed by atoms with E-state index in [9.17, 15) is 9.36 Å². The highest BCUT2D eigenvalue weighted by Crippen LogP contribution is 2.48. The van der Waals surface area contributed by atoms with Gasteiger partial charge in [0, 0.05) is 26.5 Å².